The minimum Gasteiger partial charge on any atom is -0.484 e. The molecular formula is C22H16BrFN2O4. The van der Waals surface area contributed by atoms with Crippen LogP contribution in [0.2, 0.25) is 0 Å². The Morgan fingerprint density at radius 3 is 2.33 bits per heavy atom. The summed E-state index contributed by atoms with van der Waals surface area (Å²) in [6, 6.07) is 18.9. The van der Waals surface area contributed by atoms with Gasteiger partial charge >= 0.3 is 5.97 Å². The van der Waals surface area contributed by atoms with E-state index in [0.29, 0.717) is 27.1 Å². The van der Waals surface area contributed by atoms with Gasteiger partial charge in [0.1, 0.15) is 17.3 Å². The van der Waals surface area contributed by atoms with Crippen LogP contribution in [-0.4, -0.2) is 24.7 Å². The molecule has 0 aromatic heterocycles. The van der Waals surface area contributed by atoms with Gasteiger partial charge in [-0.05, 0) is 82.2 Å². The van der Waals surface area contributed by atoms with E-state index in [1.54, 1.807) is 42.5 Å². The first-order chi connectivity index (χ1) is 14.5. The Kier molecular flexibility index (Phi) is 7.29. The highest BCUT2D eigenvalue weighted by atomic mass is 79.9. The number of hydrogen-bond donors (Lipinski definition) is 1. The molecule has 152 valence electrons. The number of esters is 1. The Morgan fingerprint density at radius 2 is 1.63 bits per heavy atom. The second kappa shape index (κ2) is 10.3. The van der Waals surface area contributed by atoms with Gasteiger partial charge in [-0.2, -0.15) is 5.10 Å². The summed E-state index contributed by atoms with van der Waals surface area (Å²) in [6.45, 7) is -0.257. The van der Waals surface area contributed by atoms with Crippen molar-refractivity contribution in [2.45, 2.75) is 0 Å². The maximum Gasteiger partial charge on any atom is 0.344 e. The van der Waals surface area contributed by atoms with Crippen LogP contribution in [-0.2, 0) is 4.79 Å². The largest absolute Gasteiger partial charge is 0.484 e. The van der Waals surface area contributed by atoms with Gasteiger partial charge in [0.25, 0.3) is 5.91 Å². The summed E-state index contributed by atoms with van der Waals surface area (Å²) in [5.74, 6) is -0.565. The van der Waals surface area contributed by atoms with Gasteiger partial charge in [0.2, 0.25) is 0 Å². The lowest BCUT2D eigenvalue weighted by atomic mass is 10.2. The summed E-state index contributed by atoms with van der Waals surface area (Å²) >= 11 is 3.31. The molecule has 3 rings (SSSR count). The highest BCUT2D eigenvalue weighted by molar-refractivity contribution is 9.10. The van der Waals surface area contributed by atoms with Crippen molar-refractivity contribution in [3.63, 3.8) is 0 Å². The summed E-state index contributed by atoms with van der Waals surface area (Å²) < 4.78 is 24.0. The second-order valence-electron chi connectivity index (χ2n) is 5.97. The van der Waals surface area contributed by atoms with Crippen molar-refractivity contribution in [1.82, 2.24) is 5.43 Å². The maximum atomic E-state index is 12.8. The van der Waals surface area contributed by atoms with E-state index in [4.69, 9.17) is 9.47 Å². The second-order valence-corrected chi connectivity index (χ2v) is 6.83. The molecule has 3 aromatic carbocycles. The molecule has 0 atom stereocenters. The molecule has 3 aromatic rings. The van der Waals surface area contributed by atoms with E-state index in [-0.39, 0.29) is 12.4 Å². The average Bonchev–Trinajstić information content (AvgIpc) is 2.75. The fourth-order valence-corrected chi connectivity index (χ4v) is 2.75. The van der Waals surface area contributed by atoms with Gasteiger partial charge in [-0.25, -0.2) is 14.6 Å². The number of amides is 1. The molecule has 0 heterocycles. The van der Waals surface area contributed by atoms with E-state index in [9.17, 15) is 14.0 Å². The van der Waals surface area contributed by atoms with Crippen molar-refractivity contribution in [2.75, 3.05) is 6.61 Å². The highest BCUT2D eigenvalue weighted by Crippen LogP contribution is 2.19. The molecule has 1 N–H and O–H groups in total. The summed E-state index contributed by atoms with van der Waals surface area (Å²) in [4.78, 5) is 23.9. The Morgan fingerprint density at radius 1 is 0.967 bits per heavy atom. The predicted octanol–water partition coefficient (Wildman–Crippen LogP) is 4.34. The molecular weight excluding hydrogens is 455 g/mol. The first kappa shape index (κ1) is 21.2. The van der Waals surface area contributed by atoms with Crippen LogP contribution >= 0.6 is 15.9 Å². The Bertz CT molecular complexity index is 1050. The Labute approximate surface area is 180 Å². The third kappa shape index (κ3) is 6.25. The summed E-state index contributed by atoms with van der Waals surface area (Å²) in [5.41, 5.74) is 3.44. The fourth-order valence-electron chi connectivity index (χ4n) is 2.30. The zero-order valence-corrected chi connectivity index (χ0v) is 17.1. The summed E-state index contributed by atoms with van der Waals surface area (Å²) in [6.07, 6.45) is 1.44. The number of carbonyl (C=O) groups is 2. The maximum absolute atomic E-state index is 12.8. The SMILES string of the molecule is O=C(COc1ccc(F)cc1)N/N=C\c1ccc(OC(=O)c2ccccc2Br)cc1. The normalized spacial score (nSPS) is 10.6. The van der Waals surface area contributed by atoms with Crippen molar-refractivity contribution in [3.05, 3.63) is 94.2 Å². The number of halogens is 2. The minimum atomic E-state index is -0.475. The van der Waals surface area contributed by atoms with Crippen molar-refractivity contribution in [2.24, 2.45) is 5.10 Å². The molecule has 0 saturated heterocycles. The third-order valence-electron chi connectivity index (χ3n) is 3.77. The Hall–Kier alpha value is -3.52. The molecule has 0 spiro atoms. The van der Waals surface area contributed by atoms with E-state index in [0.717, 1.165) is 0 Å². The minimum absolute atomic E-state index is 0.257. The topological polar surface area (TPSA) is 77.0 Å². The quantitative estimate of drug-likeness (QED) is 0.241. The van der Waals surface area contributed by atoms with Gasteiger partial charge in [-0.15, -0.1) is 0 Å². The van der Waals surface area contributed by atoms with Crippen LogP contribution in [0.4, 0.5) is 4.39 Å². The third-order valence-corrected chi connectivity index (χ3v) is 4.46. The van der Waals surface area contributed by atoms with Crippen LogP contribution in [0.15, 0.2) is 82.4 Å². The number of ether oxygens (including phenoxy) is 2. The lowest BCUT2D eigenvalue weighted by molar-refractivity contribution is -0.123. The van der Waals surface area contributed by atoms with Crippen molar-refractivity contribution in [3.8, 4) is 11.5 Å². The fraction of sp³-hybridized carbons (Fsp3) is 0.0455. The number of nitrogens with one attached hydrogen (secondary N) is 1. The van der Waals surface area contributed by atoms with Crippen LogP contribution in [0.1, 0.15) is 15.9 Å². The average molecular weight is 471 g/mol. The number of hydrogen-bond acceptors (Lipinski definition) is 5. The number of carbonyl (C=O) groups excluding carboxylic acids is 2. The number of rotatable bonds is 7. The summed E-state index contributed by atoms with van der Waals surface area (Å²) in [7, 11) is 0. The van der Waals surface area contributed by atoms with Crippen LogP contribution < -0.4 is 14.9 Å². The van der Waals surface area contributed by atoms with Crippen LogP contribution in [0.3, 0.4) is 0 Å². The van der Waals surface area contributed by atoms with Gasteiger partial charge in [-0.3, -0.25) is 4.79 Å². The highest BCUT2D eigenvalue weighted by Gasteiger charge is 2.11. The predicted molar refractivity (Wildman–Crippen MR) is 113 cm³/mol. The van der Waals surface area contributed by atoms with E-state index >= 15 is 0 Å². The zero-order chi connectivity index (χ0) is 21.3. The molecule has 1 amide bonds. The standard InChI is InChI=1S/C22H16BrFN2O4/c23-20-4-2-1-3-19(20)22(28)30-18-9-5-15(6-10-18)13-25-26-21(27)14-29-17-11-7-16(24)8-12-17/h1-13H,14H2,(H,26,27)/b25-13-. The zero-order valence-electron chi connectivity index (χ0n) is 15.5. The molecule has 0 bridgehead atoms. The molecule has 6 nitrogen and oxygen atoms in total. The molecule has 0 aliphatic carbocycles. The van der Waals surface area contributed by atoms with Crippen molar-refractivity contribution in [1.29, 1.82) is 0 Å². The van der Waals surface area contributed by atoms with E-state index in [1.165, 1.54) is 30.5 Å². The lowest BCUT2D eigenvalue weighted by Crippen LogP contribution is -2.24. The first-order valence-corrected chi connectivity index (χ1v) is 9.57. The van der Waals surface area contributed by atoms with E-state index < -0.39 is 11.9 Å². The van der Waals surface area contributed by atoms with E-state index in [1.807, 2.05) is 6.07 Å². The van der Waals surface area contributed by atoms with Crippen molar-refractivity contribution < 1.29 is 23.5 Å². The number of benzene rings is 3. The molecule has 0 radical (unpaired) electrons. The number of hydrazone groups is 1. The molecule has 0 fully saturated rings. The molecule has 0 aliphatic heterocycles. The molecule has 0 saturated carbocycles. The van der Waals surface area contributed by atoms with Gasteiger partial charge in [0.05, 0.1) is 11.8 Å². The Balaban J connectivity index is 1.47. The first-order valence-electron chi connectivity index (χ1n) is 8.78. The van der Waals surface area contributed by atoms with Crippen molar-refractivity contribution >= 4 is 34.0 Å². The van der Waals surface area contributed by atoms with Gasteiger partial charge in [0, 0.05) is 4.47 Å². The van der Waals surface area contributed by atoms with Crippen LogP contribution in [0.5, 0.6) is 11.5 Å². The summed E-state index contributed by atoms with van der Waals surface area (Å²) in [5, 5.41) is 3.84. The van der Waals surface area contributed by atoms with Gasteiger partial charge in [0.15, 0.2) is 6.61 Å². The smallest absolute Gasteiger partial charge is 0.344 e. The number of nitrogens with zero attached hydrogens (tertiary/aromatic N) is 1. The van der Waals surface area contributed by atoms with Gasteiger partial charge in [-0.1, -0.05) is 12.1 Å². The van der Waals surface area contributed by atoms with Crippen LogP contribution in [0, 0.1) is 5.82 Å². The van der Waals surface area contributed by atoms with E-state index in [2.05, 4.69) is 26.5 Å². The molecule has 8 heteroatoms. The lowest BCUT2D eigenvalue weighted by Gasteiger charge is -2.06. The molecule has 0 unspecified atom stereocenters. The molecule has 0 aliphatic rings. The molecule has 30 heavy (non-hydrogen) atoms. The monoisotopic (exact) mass is 470 g/mol. The van der Waals surface area contributed by atoms with Gasteiger partial charge < -0.3 is 9.47 Å². The van der Waals surface area contributed by atoms with Crippen LogP contribution in [0.25, 0.3) is 0 Å².